The maximum Gasteiger partial charge on any atom is 0.315 e. The average Bonchev–Trinajstić information content (AvgIpc) is 2.44. The molecule has 21 heavy (non-hydrogen) atoms. The Balaban J connectivity index is 2.32. The molecule has 0 saturated heterocycles. The highest BCUT2D eigenvalue weighted by atomic mass is 16.5. The Hall–Kier alpha value is -1.75. The molecule has 0 spiro atoms. The normalized spacial score (nSPS) is 13.3. The molecule has 3 N–H and O–H groups in total. The van der Waals surface area contributed by atoms with Crippen LogP contribution in [0.1, 0.15) is 32.3 Å². The third-order valence-electron chi connectivity index (χ3n) is 3.18. The van der Waals surface area contributed by atoms with Crippen molar-refractivity contribution in [1.82, 2.24) is 10.6 Å². The molecule has 5 heteroatoms. The Morgan fingerprint density at radius 2 is 2.19 bits per heavy atom. The van der Waals surface area contributed by atoms with Crippen LogP contribution < -0.4 is 15.4 Å². The number of benzene rings is 1. The number of carbonyl (C=O) groups is 1. The standard InChI is InChI=1S/C16H26N2O3/c1-4-14(8-9-19)18-16(20)17-11-13(3)21-15-7-5-6-12(2)10-15/h5-7,10,13-14,19H,4,8-9,11H2,1-3H3,(H2,17,18,20). The van der Waals surface area contributed by atoms with E-state index in [4.69, 9.17) is 9.84 Å². The average molecular weight is 294 g/mol. The van der Waals surface area contributed by atoms with Gasteiger partial charge in [0.15, 0.2) is 0 Å². The zero-order valence-corrected chi connectivity index (χ0v) is 13.1. The second-order valence-corrected chi connectivity index (χ2v) is 5.22. The quantitative estimate of drug-likeness (QED) is 0.688. The molecule has 2 unspecified atom stereocenters. The number of urea groups is 1. The van der Waals surface area contributed by atoms with Gasteiger partial charge in [-0.3, -0.25) is 0 Å². The molecule has 1 aromatic rings. The summed E-state index contributed by atoms with van der Waals surface area (Å²) in [7, 11) is 0. The number of carbonyl (C=O) groups excluding carboxylic acids is 1. The van der Waals surface area contributed by atoms with E-state index < -0.39 is 0 Å². The summed E-state index contributed by atoms with van der Waals surface area (Å²) < 4.78 is 5.74. The van der Waals surface area contributed by atoms with Crippen LogP contribution in [0, 0.1) is 6.92 Å². The molecular weight excluding hydrogens is 268 g/mol. The minimum Gasteiger partial charge on any atom is -0.489 e. The number of ether oxygens (including phenoxy) is 1. The number of hydrogen-bond donors (Lipinski definition) is 3. The molecule has 0 heterocycles. The van der Waals surface area contributed by atoms with E-state index in [0.717, 1.165) is 17.7 Å². The van der Waals surface area contributed by atoms with Gasteiger partial charge in [0.2, 0.25) is 0 Å². The van der Waals surface area contributed by atoms with Gasteiger partial charge in [0, 0.05) is 12.6 Å². The molecule has 5 nitrogen and oxygen atoms in total. The molecule has 2 atom stereocenters. The Labute approximate surface area is 126 Å². The lowest BCUT2D eigenvalue weighted by Gasteiger charge is -2.19. The summed E-state index contributed by atoms with van der Waals surface area (Å²) in [5, 5.41) is 14.5. The highest BCUT2D eigenvalue weighted by molar-refractivity contribution is 5.74. The first-order valence-electron chi connectivity index (χ1n) is 7.43. The van der Waals surface area contributed by atoms with Crippen molar-refractivity contribution in [3.63, 3.8) is 0 Å². The van der Waals surface area contributed by atoms with E-state index >= 15 is 0 Å². The van der Waals surface area contributed by atoms with Crippen molar-refractivity contribution in [2.45, 2.75) is 45.8 Å². The van der Waals surface area contributed by atoms with Crippen LogP contribution in [0.4, 0.5) is 4.79 Å². The monoisotopic (exact) mass is 294 g/mol. The van der Waals surface area contributed by atoms with Crippen LogP contribution >= 0.6 is 0 Å². The fourth-order valence-electron chi connectivity index (χ4n) is 1.97. The van der Waals surface area contributed by atoms with E-state index in [2.05, 4.69) is 10.6 Å². The first-order chi connectivity index (χ1) is 10.0. The number of nitrogens with one attached hydrogen (secondary N) is 2. The van der Waals surface area contributed by atoms with Crippen LogP contribution in [0.2, 0.25) is 0 Å². The Morgan fingerprint density at radius 3 is 2.81 bits per heavy atom. The maximum absolute atomic E-state index is 11.7. The second kappa shape index (κ2) is 9.23. The first-order valence-corrected chi connectivity index (χ1v) is 7.43. The Bertz CT molecular complexity index is 437. The second-order valence-electron chi connectivity index (χ2n) is 5.22. The van der Waals surface area contributed by atoms with Gasteiger partial charge in [0.25, 0.3) is 0 Å². The molecule has 0 aliphatic rings. The van der Waals surface area contributed by atoms with E-state index in [1.54, 1.807) is 0 Å². The third-order valence-corrected chi connectivity index (χ3v) is 3.18. The van der Waals surface area contributed by atoms with Gasteiger partial charge in [-0.15, -0.1) is 0 Å². The molecule has 0 aliphatic heterocycles. The van der Waals surface area contributed by atoms with E-state index in [9.17, 15) is 4.79 Å². The summed E-state index contributed by atoms with van der Waals surface area (Å²) in [5.74, 6) is 0.802. The summed E-state index contributed by atoms with van der Waals surface area (Å²) in [5.41, 5.74) is 1.14. The SMILES string of the molecule is CCC(CCO)NC(=O)NCC(C)Oc1cccc(C)c1. The van der Waals surface area contributed by atoms with E-state index in [1.165, 1.54) is 0 Å². The van der Waals surface area contributed by atoms with Crippen molar-refractivity contribution in [2.24, 2.45) is 0 Å². The van der Waals surface area contributed by atoms with E-state index in [-0.39, 0.29) is 24.8 Å². The van der Waals surface area contributed by atoms with Crippen LogP contribution in [-0.4, -0.2) is 36.4 Å². The fourth-order valence-corrected chi connectivity index (χ4v) is 1.97. The van der Waals surface area contributed by atoms with Gasteiger partial charge in [-0.2, -0.15) is 0 Å². The molecule has 0 aromatic heterocycles. The van der Waals surface area contributed by atoms with Crippen LogP contribution in [0.25, 0.3) is 0 Å². The largest absolute Gasteiger partial charge is 0.489 e. The Morgan fingerprint density at radius 1 is 1.43 bits per heavy atom. The van der Waals surface area contributed by atoms with Gasteiger partial charge in [-0.25, -0.2) is 4.79 Å². The lowest BCUT2D eigenvalue weighted by atomic mass is 10.2. The summed E-state index contributed by atoms with van der Waals surface area (Å²) in [6.45, 7) is 6.40. The predicted octanol–water partition coefficient (Wildman–Crippen LogP) is 2.22. The van der Waals surface area contributed by atoms with Gasteiger partial charge >= 0.3 is 6.03 Å². The van der Waals surface area contributed by atoms with Crippen molar-refractivity contribution in [1.29, 1.82) is 0 Å². The fraction of sp³-hybridized carbons (Fsp3) is 0.562. The topological polar surface area (TPSA) is 70.6 Å². The summed E-state index contributed by atoms with van der Waals surface area (Å²) >= 11 is 0. The number of aryl methyl sites for hydroxylation is 1. The van der Waals surface area contributed by atoms with Crippen molar-refractivity contribution < 1.29 is 14.6 Å². The number of hydrogen-bond acceptors (Lipinski definition) is 3. The van der Waals surface area contributed by atoms with Gasteiger partial charge < -0.3 is 20.5 Å². The van der Waals surface area contributed by atoms with Crippen molar-refractivity contribution in [2.75, 3.05) is 13.2 Å². The number of aliphatic hydroxyl groups is 1. The van der Waals surface area contributed by atoms with Gasteiger partial charge in [-0.1, -0.05) is 19.1 Å². The molecule has 0 aliphatic carbocycles. The third kappa shape index (κ3) is 6.99. The molecule has 1 rings (SSSR count). The van der Waals surface area contributed by atoms with Crippen LogP contribution in [0.5, 0.6) is 5.75 Å². The van der Waals surface area contributed by atoms with Crippen LogP contribution in [0.15, 0.2) is 24.3 Å². The summed E-state index contributed by atoms with van der Waals surface area (Å²) in [6.07, 6.45) is 1.25. The maximum atomic E-state index is 11.7. The molecule has 0 saturated carbocycles. The molecule has 2 amide bonds. The molecule has 118 valence electrons. The minimum absolute atomic E-state index is 0.00278. The van der Waals surface area contributed by atoms with E-state index in [1.807, 2.05) is 45.0 Å². The molecule has 0 bridgehead atoms. The zero-order chi connectivity index (χ0) is 15.7. The Kier molecular flexibility index (Phi) is 7.61. The van der Waals surface area contributed by atoms with E-state index in [0.29, 0.717) is 13.0 Å². The molecular formula is C16H26N2O3. The first kappa shape index (κ1) is 17.3. The number of amides is 2. The smallest absolute Gasteiger partial charge is 0.315 e. The zero-order valence-electron chi connectivity index (χ0n) is 13.1. The van der Waals surface area contributed by atoms with Gasteiger partial charge in [0.1, 0.15) is 11.9 Å². The minimum atomic E-state index is -0.227. The molecule has 1 aromatic carbocycles. The van der Waals surface area contributed by atoms with Crippen LogP contribution in [0.3, 0.4) is 0 Å². The summed E-state index contributed by atoms with van der Waals surface area (Å²) in [6, 6.07) is 7.59. The lowest BCUT2D eigenvalue weighted by molar-refractivity contribution is 0.203. The van der Waals surface area contributed by atoms with Crippen molar-refractivity contribution in [3.05, 3.63) is 29.8 Å². The molecule has 0 radical (unpaired) electrons. The highest BCUT2D eigenvalue weighted by Gasteiger charge is 2.11. The molecule has 0 fully saturated rings. The number of aliphatic hydroxyl groups excluding tert-OH is 1. The lowest BCUT2D eigenvalue weighted by Crippen LogP contribution is -2.45. The van der Waals surface area contributed by atoms with Gasteiger partial charge in [-0.05, 0) is 44.4 Å². The van der Waals surface area contributed by atoms with Crippen LogP contribution in [-0.2, 0) is 0 Å². The van der Waals surface area contributed by atoms with Crippen molar-refractivity contribution in [3.8, 4) is 5.75 Å². The predicted molar refractivity (Wildman–Crippen MR) is 83.6 cm³/mol. The summed E-state index contributed by atoms with van der Waals surface area (Å²) in [4.78, 5) is 11.7. The van der Waals surface area contributed by atoms with Crippen molar-refractivity contribution >= 4 is 6.03 Å². The highest BCUT2D eigenvalue weighted by Crippen LogP contribution is 2.13. The number of rotatable bonds is 8. The van der Waals surface area contributed by atoms with Gasteiger partial charge in [0.05, 0.1) is 6.54 Å².